The van der Waals surface area contributed by atoms with E-state index in [1.54, 1.807) is 0 Å². The summed E-state index contributed by atoms with van der Waals surface area (Å²) in [5.74, 6) is 0.795. The van der Waals surface area contributed by atoms with Crippen molar-refractivity contribution in [1.82, 2.24) is 4.98 Å². The van der Waals surface area contributed by atoms with Crippen molar-refractivity contribution in [2.45, 2.75) is 33.3 Å². The summed E-state index contributed by atoms with van der Waals surface area (Å²) in [7, 11) is 0. The van der Waals surface area contributed by atoms with Crippen molar-refractivity contribution < 1.29 is 4.74 Å². The number of rotatable bonds is 2. The minimum Gasteiger partial charge on any atom is -0.488 e. The fraction of sp³-hybridized carbons (Fsp3) is 0.333. The third-order valence-corrected chi connectivity index (χ3v) is 2.82. The number of fused-ring (bicyclic) bond motifs is 1. The Bertz CT molecular complexity index is 644. The van der Waals surface area contributed by atoms with Crippen molar-refractivity contribution in [3.8, 4) is 5.75 Å². The first-order chi connectivity index (χ1) is 8.76. The van der Waals surface area contributed by atoms with E-state index in [4.69, 9.17) is 22.7 Å². The molecule has 100 valence electrons. The minimum atomic E-state index is -0.241. The Hall–Kier alpha value is -1.68. The zero-order valence-electron chi connectivity index (χ0n) is 11.7. The Labute approximate surface area is 118 Å². The molecule has 0 atom stereocenters. The molecule has 3 nitrogen and oxygen atoms in total. The molecule has 0 fully saturated rings. The molecule has 1 aromatic heterocycles. The Balaban J connectivity index is 2.61. The van der Waals surface area contributed by atoms with E-state index in [9.17, 15) is 0 Å². The predicted molar refractivity (Wildman–Crippen MR) is 82.7 cm³/mol. The second kappa shape index (κ2) is 4.78. The van der Waals surface area contributed by atoms with Crippen LogP contribution >= 0.6 is 12.2 Å². The van der Waals surface area contributed by atoms with E-state index in [0.717, 1.165) is 27.9 Å². The molecule has 0 saturated heterocycles. The Morgan fingerprint density at radius 2 is 1.95 bits per heavy atom. The van der Waals surface area contributed by atoms with Crippen LogP contribution in [0.1, 0.15) is 32.0 Å². The summed E-state index contributed by atoms with van der Waals surface area (Å²) in [6.45, 7) is 7.97. The Morgan fingerprint density at radius 3 is 2.53 bits per heavy atom. The van der Waals surface area contributed by atoms with Crippen LogP contribution in [0.2, 0.25) is 0 Å². The molecule has 2 rings (SSSR count). The number of hydrogen-bond acceptors (Lipinski definition) is 3. The summed E-state index contributed by atoms with van der Waals surface area (Å²) in [6.07, 6.45) is 0. The molecule has 0 aliphatic carbocycles. The average molecular weight is 274 g/mol. The first kappa shape index (κ1) is 13.7. The summed E-state index contributed by atoms with van der Waals surface area (Å²) < 4.78 is 5.86. The minimum absolute atomic E-state index is 0.241. The van der Waals surface area contributed by atoms with E-state index in [-0.39, 0.29) is 5.60 Å². The monoisotopic (exact) mass is 274 g/mol. The standard InChI is InChI=1S/C15H18N2OS/c1-9-7-12(14(16)19)11-8-10(18-15(2,3)4)5-6-13(11)17-9/h5-8H,1-4H3,(H2,16,19). The van der Waals surface area contributed by atoms with Gasteiger partial charge in [-0.25, -0.2) is 0 Å². The fourth-order valence-corrected chi connectivity index (χ4v) is 2.13. The topological polar surface area (TPSA) is 48.1 Å². The summed E-state index contributed by atoms with van der Waals surface area (Å²) in [5, 5.41) is 0.930. The highest BCUT2D eigenvalue weighted by Crippen LogP contribution is 2.26. The average Bonchev–Trinajstić information content (AvgIpc) is 2.26. The number of hydrogen-bond donors (Lipinski definition) is 1. The van der Waals surface area contributed by atoms with E-state index in [1.807, 2.05) is 52.0 Å². The quantitative estimate of drug-likeness (QED) is 0.853. The van der Waals surface area contributed by atoms with Gasteiger partial charge in [0.05, 0.1) is 5.52 Å². The Morgan fingerprint density at radius 1 is 1.26 bits per heavy atom. The van der Waals surface area contributed by atoms with Gasteiger partial charge in [0.2, 0.25) is 0 Å². The lowest BCUT2D eigenvalue weighted by molar-refractivity contribution is 0.131. The number of ether oxygens (including phenoxy) is 1. The molecule has 4 heteroatoms. The molecular weight excluding hydrogens is 256 g/mol. The number of nitrogens with two attached hydrogens (primary N) is 1. The molecule has 0 bridgehead atoms. The van der Waals surface area contributed by atoms with Gasteiger partial charge < -0.3 is 10.5 Å². The van der Waals surface area contributed by atoms with E-state index >= 15 is 0 Å². The summed E-state index contributed by atoms with van der Waals surface area (Å²) in [5.41, 5.74) is 8.17. The highest BCUT2D eigenvalue weighted by atomic mass is 32.1. The molecule has 19 heavy (non-hydrogen) atoms. The molecule has 0 unspecified atom stereocenters. The maximum Gasteiger partial charge on any atom is 0.120 e. The van der Waals surface area contributed by atoms with E-state index in [1.165, 1.54) is 0 Å². The predicted octanol–water partition coefficient (Wildman–Crippen LogP) is 3.35. The molecular formula is C15H18N2OS. The van der Waals surface area contributed by atoms with Crippen LogP contribution in [0.5, 0.6) is 5.75 Å². The first-order valence-corrected chi connectivity index (χ1v) is 6.57. The van der Waals surface area contributed by atoms with Gasteiger partial charge in [0.1, 0.15) is 16.3 Å². The van der Waals surface area contributed by atoms with Gasteiger partial charge in [0.15, 0.2) is 0 Å². The normalized spacial score (nSPS) is 11.6. The second-order valence-electron chi connectivity index (χ2n) is 5.57. The highest BCUT2D eigenvalue weighted by molar-refractivity contribution is 7.80. The summed E-state index contributed by atoms with van der Waals surface area (Å²) in [4.78, 5) is 4.86. The van der Waals surface area contributed by atoms with Crippen molar-refractivity contribution in [2.75, 3.05) is 0 Å². The number of pyridine rings is 1. The SMILES string of the molecule is Cc1cc(C(N)=S)c2cc(OC(C)(C)C)ccc2n1. The lowest BCUT2D eigenvalue weighted by Gasteiger charge is -2.21. The molecule has 2 N–H and O–H groups in total. The summed E-state index contributed by atoms with van der Waals surface area (Å²) in [6, 6.07) is 7.71. The van der Waals surface area contributed by atoms with Crippen LogP contribution in [-0.2, 0) is 0 Å². The van der Waals surface area contributed by atoms with Crippen LogP contribution in [0, 0.1) is 6.92 Å². The number of aromatic nitrogens is 1. The van der Waals surface area contributed by atoms with Crippen LogP contribution < -0.4 is 10.5 Å². The highest BCUT2D eigenvalue weighted by Gasteiger charge is 2.13. The van der Waals surface area contributed by atoms with Crippen molar-refractivity contribution in [2.24, 2.45) is 5.73 Å². The van der Waals surface area contributed by atoms with Crippen LogP contribution in [0.4, 0.5) is 0 Å². The van der Waals surface area contributed by atoms with E-state index in [0.29, 0.717) is 4.99 Å². The molecule has 1 aromatic carbocycles. The van der Waals surface area contributed by atoms with Gasteiger partial charge in [0.25, 0.3) is 0 Å². The zero-order valence-corrected chi connectivity index (χ0v) is 12.5. The Kier molecular flexibility index (Phi) is 3.45. The number of thiocarbonyl (C=S) groups is 1. The third kappa shape index (κ3) is 3.20. The molecule has 0 saturated carbocycles. The molecule has 0 spiro atoms. The van der Waals surface area contributed by atoms with E-state index in [2.05, 4.69) is 4.98 Å². The lowest BCUT2D eigenvalue weighted by atomic mass is 10.1. The van der Waals surface area contributed by atoms with Gasteiger partial charge >= 0.3 is 0 Å². The number of aryl methyl sites for hydroxylation is 1. The number of nitrogens with zero attached hydrogens (tertiary/aromatic N) is 1. The summed E-state index contributed by atoms with van der Waals surface area (Å²) >= 11 is 5.11. The maximum absolute atomic E-state index is 5.86. The van der Waals surface area contributed by atoms with Gasteiger partial charge in [0, 0.05) is 16.6 Å². The molecule has 0 aliphatic heterocycles. The molecule has 0 radical (unpaired) electrons. The van der Waals surface area contributed by atoms with Gasteiger partial charge in [-0.2, -0.15) is 0 Å². The lowest BCUT2D eigenvalue weighted by Crippen LogP contribution is -2.22. The number of benzene rings is 1. The van der Waals surface area contributed by atoms with Crippen molar-refractivity contribution in [3.63, 3.8) is 0 Å². The van der Waals surface area contributed by atoms with Crippen molar-refractivity contribution >= 4 is 28.1 Å². The van der Waals surface area contributed by atoms with E-state index < -0.39 is 0 Å². The van der Waals surface area contributed by atoms with Crippen molar-refractivity contribution in [3.05, 3.63) is 35.5 Å². The van der Waals surface area contributed by atoms with Crippen LogP contribution in [0.15, 0.2) is 24.3 Å². The largest absolute Gasteiger partial charge is 0.488 e. The molecule has 0 amide bonds. The van der Waals surface area contributed by atoms with Gasteiger partial charge in [-0.05, 0) is 52.0 Å². The fourth-order valence-electron chi connectivity index (χ4n) is 1.96. The van der Waals surface area contributed by atoms with Crippen LogP contribution in [0.25, 0.3) is 10.9 Å². The van der Waals surface area contributed by atoms with Gasteiger partial charge in [-0.1, -0.05) is 12.2 Å². The van der Waals surface area contributed by atoms with Crippen molar-refractivity contribution in [1.29, 1.82) is 0 Å². The molecule has 2 aromatic rings. The first-order valence-electron chi connectivity index (χ1n) is 6.16. The van der Waals surface area contributed by atoms with Crippen LogP contribution in [0.3, 0.4) is 0 Å². The van der Waals surface area contributed by atoms with Crippen LogP contribution in [-0.4, -0.2) is 15.6 Å². The third-order valence-electron chi connectivity index (χ3n) is 2.60. The molecule has 1 heterocycles. The van der Waals surface area contributed by atoms with Gasteiger partial charge in [-0.3, -0.25) is 4.98 Å². The smallest absolute Gasteiger partial charge is 0.120 e. The molecule has 0 aliphatic rings. The second-order valence-corrected chi connectivity index (χ2v) is 6.01. The maximum atomic E-state index is 5.86. The zero-order chi connectivity index (χ0) is 14.2. The van der Waals surface area contributed by atoms with Gasteiger partial charge in [-0.15, -0.1) is 0 Å².